The summed E-state index contributed by atoms with van der Waals surface area (Å²) in [4.78, 5) is 18.5. The molecule has 0 aliphatic carbocycles. The van der Waals surface area contributed by atoms with Crippen molar-refractivity contribution in [2.24, 2.45) is 0 Å². The molecule has 17 heavy (non-hydrogen) atoms. The molecule has 0 aliphatic heterocycles. The van der Waals surface area contributed by atoms with E-state index in [0.717, 1.165) is 0 Å². The van der Waals surface area contributed by atoms with Gasteiger partial charge >= 0.3 is 7.60 Å². The molecule has 88 valence electrons. The van der Waals surface area contributed by atoms with Gasteiger partial charge in [0.2, 0.25) is 0 Å². The predicted molar refractivity (Wildman–Crippen MR) is 65.2 cm³/mol. The van der Waals surface area contributed by atoms with Gasteiger partial charge in [0.1, 0.15) is 5.75 Å². The van der Waals surface area contributed by atoms with Crippen LogP contribution in [-0.4, -0.2) is 14.9 Å². The molecule has 0 radical (unpaired) electrons. The SMILES string of the molecule is O=P(O)(O)c1ccc(O)cc1-c1ccccc1. The van der Waals surface area contributed by atoms with E-state index < -0.39 is 7.60 Å². The molecule has 0 aromatic heterocycles. The highest BCUT2D eigenvalue weighted by molar-refractivity contribution is 7.60. The molecule has 0 saturated heterocycles. The number of aromatic hydroxyl groups is 1. The minimum absolute atomic E-state index is 0.0268. The third-order valence-corrected chi connectivity index (χ3v) is 3.40. The quantitative estimate of drug-likeness (QED) is 0.711. The van der Waals surface area contributed by atoms with Crippen LogP contribution in [0.15, 0.2) is 48.5 Å². The lowest BCUT2D eigenvalue weighted by atomic mass is 10.1. The van der Waals surface area contributed by atoms with Crippen molar-refractivity contribution >= 4 is 12.9 Å². The maximum Gasteiger partial charge on any atom is 0.356 e. The Morgan fingerprint density at radius 2 is 1.59 bits per heavy atom. The Morgan fingerprint density at radius 3 is 2.18 bits per heavy atom. The van der Waals surface area contributed by atoms with Crippen molar-refractivity contribution in [2.75, 3.05) is 0 Å². The van der Waals surface area contributed by atoms with Crippen LogP contribution in [0.4, 0.5) is 0 Å². The number of phenolic OH excluding ortho intramolecular Hbond substituents is 1. The van der Waals surface area contributed by atoms with Gasteiger partial charge in [0.25, 0.3) is 0 Å². The molecule has 0 saturated carbocycles. The van der Waals surface area contributed by atoms with E-state index in [1.54, 1.807) is 24.3 Å². The largest absolute Gasteiger partial charge is 0.508 e. The lowest BCUT2D eigenvalue weighted by Crippen LogP contribution is -2.07. The van der Waals surface area contributed by atoms with Gasteiger partial charge in [0, 0.05) is 5.56 Å². The first kappa shape index (κ1) is 11.9. The van der Waals surface area contributed by atoms with E-state index in [-0.39, 0.29) is 11.1 Å². The molecule has 0 amide bonds. The Kier molecular flexibility index (Phi) is 3.03. The first-order valence-corrected chi connectivity index (χ1v) is 6.54. The normalized spacial score (nSPS) is 11.4. The molecule has 2 aromatic carbocycles. The van der Waals surface area contributed by atoms with Gasteiger partial charge in [-0.1, -0.05) is 30.3 Å². The van der Waals surface area contributed by atoms with Crippen molar-refractivity contribution in [1.82, 2.24) is 0 Å². The molecule has 5 heteroatoms. The summed E-state index contributed by atoms with van der Waals surface area (Å²) < 4.78 is 11.4. The van der Waals surface area contributed by atoms with Gasteiger partial charge < -0.3 is 14.9 Å². The number of hydrogen-bond acceptors (Lipinski definition) is 2. The fourth-order valence-corrected chi connectivity index (χ4v) is 2.40. The van der Waals surface area contributed by atoms with Gasteiger partial charge in [-0.25, -0.2) is 0 Å². The van der Waals surface area contributed by atoms with E-state index >= 15 is 0 Å². The summed E-state index contributed by atoms with van der Waals surface area (Å²) in [5.74, 6) is -0.0268. The van der Waals surface area contributed by atoms with Gasteiger partial charge in [0.05, 0.1) is 5.30 Å². The van der Waals surface area contributed by atoms with Crippen molar-refractivity contribution < 1.29 is 19.5 Å². The number of rotatable bonds is 2. The average Bonchev–Trinajstić information content (AvgIpc) is 2.28. The zero-order chi connectivity index (χ0) is 12.5. The molecule has 0 heterocycles. The average molecular weight is 250 g/mol. The van der Waals surface area contributed by atoms with Crippen LogP contribution in [0.5, 0.6) is 5.75 Å². The van der Waals surface area contributed by atoms with E-state index in [0.29, 0.717) is 11.1 Å². The fraction of sp³-hybridized carbons (Fsp3) is 0. The van der Waals surface area contributed by atoms with Crippen LogP contribution >= 0.6 is 7.60 Å². The summed E-state index contributed by atoms with van der Waals surface area (Å²) in [6.07, 6.45) is 0. The molecule has 2 rings (SSSR count). The minimum atomic E-state index is -4.35. The maximum atomic E-state index is 11.4. The first-order valence-electron chi connectivity index (χ1n) is 4.93. The second-order valence-corrected chi connectivity index (χ2v) is 5.18. The lowest BCUT2D eigenvalue weighted by Gasteiger charge is -2.11. The zero-order valence-corrected chi connectivity index (χ0v) is 9.71. The second-order valence-electron chi connectivity index (χ2n) is 3.61. The Hall–Kier alpha value is -1.61. The Balaban J connectivity index is 2.68. The third-order valence-electron chi connectivity index (χ3n) is 2.38. The number of phenols is 1. The molecule has 0 unspecified atom stereocenters. The first-order chi connectivity index (χ1) is 7.98. The highest BCUT2D eigenvalue weighted by Crippen LogP contribution is 2.38. The van der Waals surface area contributed by atoms with Crippen molar-refractivity contribution in [1.29, 1.82) is 0 Å². The molecule has 0 atom stereocenters. The van der Waals surface area contributed by atoms with Gasteiger partial charge in [-0.05, 0) is 23.8 Å². The summed E-state index contributed by atoms with van der Waals surface area (Å²) in [7, 11) is -4.35. The molecular formula is C12H11O4P. The van der Waals surface area contributed by atoms with Gasteiger partial charge in [-0.3, -0.25) is 4.57 Å². The predicted octanol–water partition coefficient (Wildman–Crippen LogP) is 1.86. The molecule has 4 nitrogen and oxygen atoms in total. The summed E-state index contributed by atoms with van der Waals surface area (Å²) in [5.41, 5.74) is 1.00. The Morgan fingerprint density at radius 1 is 0.941 bits per heavy atom. The maximum absolute atomic E-state index is 11.4. The van der Waals surface area contributed by atoms with Crippen molar-refractivity contribution in [3.8, 4) is 16.9 Å². The highest BCUT2D eigenvalue weighted by Gasteiger charge is 2.22. The molecule has 0 fully saturated rings. The molecule has 0 spiro atoms. The zero-order valence-electron chi connectivity index (χ0n) is 8.82. The highest BCUT2D eigenvalue weighted by atomic mass is 31.2. The van der Waals surface area contributed by atoms with E-state index in [1.807, 2.05) is 6.07 Å². The molecule has 2 aromatic rings. The summed E-state index contributed by atoms with van der Waals surface area (Å²) in [6.45, 7) is 0. The number of hydrogen-bond donors (Lipinski definition) is 3. The smallest absolute Gasteiger partial charge is 0.356 e. The van der Waals surface area contributed by atoms with Crippen LogP contribution in [0.1, 0.15) is 0 Å². The van der Waals surface area contributed by atoms with Crippen LogP contribution < -0.4 is 5.30 Å². The van der Waals surface area contributed by atoms with E-state index in [1.165, 1.54) is 18.2 Å². The second kappa shape index (κ2) is 4.34. The van der Waals surface area contributed by atoms with Crippen LogP contribution in [0.3, 0.4) is 0 Å². The summed E-state index contributed by atoms with van der Waals surface area (Å²) >= 11 is 0. The number of benzene rings is 2. The van der Waals surface area contributed by atoms with Crippen molar-refractivity contribution in [3.05, 3.63) is 48.5 Å². The van der Waals surface area contributed by atoms with E-state index in [9.17, 15) is 19.5 Å². The summed E-state index contributed by atoms with van der Waals surface area (Å²) in [6, 6.07) is 12.7. The van der Waals surface area contributed by atoms with Gasteiger partial charge in [-0.15, -0.1) is 0 Å². The monoisotopic (exact) mass is 250 g/mol. The third kappa shape index (κ3) is 2.56. The standard InChI is InChI=1S/C12H11O4P/c13-10-6-7-12(17(14,15)16)11(8-10)9-4-2-1-3-5-9/h1-8,13H,(H2,14,15,16). The Bertz CT molecular complexity index is 574. The fourth-order valence-electron chi connectivity index (χ4n) is 1.63. The molecule has 0 aliphatic rings. The Labute approximate surface area is 98.3 Å². The molecule has 3 N–H and O–H groups in total. The van der Waals surface area contributed by atoms with E-state index in [2.05, 4.69) is 0 Å². The van der Waals surface area contributed by atoms with Gasteiger partial charge in [-0.2, -0.15) is 0 Å². The van der Waals surface area contributed by atoms with Crippen LogP contribution in [0, 0.1) is 0 Å². The van der Waals surface area contributed by atoms with Crippen LogP contribution in [0.2, 0.25) is 0 Å². The van der Waals surface area contributed by atoms with Crippen LogP contribution in [-0.2, 0) is 4.57 Å². The summed E-state index contributed by atoms with van der Waals surface area (Å²) in [5, 5.41) is 9.33. The van der Waals surface area contributed by atoms with Crippen molar-refractivity contribution in [3.63, 3.8) is 0 Å². The minimum Gasteiger partial charge on any atom is -0.508 e. The lowest BCUT2D eigenvalue weighted by molar-refractivity contribution is 0.387. The van der Waals surface area contributed by atoms with E-state index in [4.69, 9.17) is 0 Å². The molecule has 0 bridgehead atoms. The van der Waals surface area contributed by atoms with Crippen LogP contribution in [0.25, 0.3) is 11.1 Å². The topological polar surface area (TPSA) is 77.8 Å². The molecular weight excluding hydrogens is 239 g/mol. The van der Waals surface area contributed by atoms with Crippen molar-refractivity contribution in [2.45, 2.75) is 0 Å². The van der Waals surface area contributed by atoms with Gasteiger partial charge in [0.15, 0.2) is 0 Å².